The zero-order chi connectivity index (χ0) is 25.5. The molecule has 194 valence electrons. The van der Waals surface area contributed by atoms with Crippen LogP contribution in [0.4, 0.5) is 0 Å². The van der Waals surface area contributed by atoms with E-state index >= 15 is 0 Å². The highest BCUT2D eigenvalue weighted by Gasteiger charge is 2.11. The number of benzene rings is 4. The molecule has 6 heteroatoms. The molecule has 4 aromatic carbocycles. The quantitative estimate of drug-likeness (QED) is 0.179. The Hall–Kier alpha value is -3.93. The van der Waals surface area contributed by atoms with Gasteiger partial charge in [-0.25, -0.2) is 4.98 Å². The third-order valence-electron chi connectivity index (χ3n) is 6.09. The monoisotopic (exact) mass is 525 g/mol. The minimum absolute atomic E-state index is 0. The Labute approximate surface area is 230 Å². The van der Waals surface area contributed by atoms with E-state index in [0.717, 1.165) is 51.9 Å². The summed E-state index contributed by atoms with van der Waals surface area (Å²) in [7, 11) is 4.15. The molecule has 1 heterocycles. The molecule has 0 unspecified atom stereocenters. The Morgan fingerprint density at radius 3 is 2.16 bits per heavy atom. The normalized spacial score (nSPS) is 10.8. The largest absolute Gasteiger partial charge is 0.494 e. The van der Waals surface area contributed by atoms with E-state index in [0.29, 0.717) is 24.9 Å². The van der Waals surface area contributed by atoms with Gasteiger partial charge in [0.15, 0.2) is 5.82 Å². The van der Waals surface area contributed by atoms with E-state index < -0.39 is 0 Å². The van der Waals surface area contributed by atoms with Crippen LogP contribution in [0.1, 0.15) is 12.0 Å². The maximum Gasteiger partial charge on any atom is 0.217 e. The number of halogens is 1. The summed E-state index contributed by atoms with van der Waals surface area (Å²) in [6.07, 6.45) is 0.994. The molecule has 5 nitrogen and oxygen atoms in total. The predicted octanol–water partition coefficient (Wildman–Crippen LogP) is 7.30. The van der Waals surface area contributed by atoms with Crippen molar-refractivity contribution in [3.8, 4) is 34.3 Å². The van der Waals surface area contributed by atoms with Gasteiger partial charge in [0, 0.05) is 23.7 Å². The van der Waals surface area contributed by atoms with Crippen LogP contribution in [0.25, 0.3) is 33.4 Å². The third-order valence-corrected chi connectivity index (χ3v) is 6.09. The van der Waals surface area contributed by atoms with Crippen LogP contribution in [0.5, 0.6) is 11.6 Å². The van der Waals surface area contributed by atoms with Gasteiger partial charge in [0.2, 0.25) is 5.88 Å². The van der Waals surface area contributed by atoms with Crippen LogP contribution in [0.2, 0.25) is 0 Å². The Morgan fingerprint density at radius 1 is 0.684 bits per heavy atom. The smallest absolute Gasteiger partial charge is 0.217 e. The van der Waals surface area contributed by atoms with Gasteiger partial charge in [-0.1, -0.05) is 78.9 Å². The number of hydrogen-bond donors (Lipinski definition) is 0. The lowest BCUT2D eigenvalue weighted by Crippen LogP contribution is -2.15. The fourth-order valence-corrected chi connectivity index (χ4v) is 4.14. The van der Waals surface area contributed by atoms with Crippen LogP contribution in [-0.2, 0) is 6.61 Å². The van der Waals surface area contributed by atoms with Crippen LogP contribution in [-0.4, -0.2) is 42.1 Å². The number of aromatic nitrogens is 2. The summed E-state index contributed by atoms with van der Waals surface area (Å²) in [5.74, 6) is 2.07. The molecule has 0 amide bonds. The van der Waals surface area contributed by atoms with Crippen molar-refractivity contribution >= 4 is 23.2 Å². The number of nitrogens with zero attached hydrogens (tertiary/aromatic N) is 3. The third kappa shape index (κ3) is 7.09. The summed E-state index contributed by atoms with van der Waals surface area (Å²) in [5.41, 5.74) is 3.88. The van der Waals surface area contributed by atoms with Crippen molar-refractivity contribution in [3.63, 3.8) is 0 Å². The molecular formula is C32H32ClN3O2. The first kappa shape index (κ1) is 27.1. The van der Waals surface area contributed by atoms with Crippen molar-refractivity contribution in [1.82, 2.24) is 14.9 Å². The van der Waals surface area contributed by atoms with E-state index in [4.69, 9.17) is 19.4 Å². The lowest BCUT2D eigenvalue weighted by atomic mass is 10.1. The molecule has 0 aliphatic carbocycles. The number of ether oxygens (including phenoxy) is 2. The average Bonchev–Trinajstić information content (AvgIpc) is 2.94. The maximum atomic E-state index is 6.11. The lowest BCUT2D eigenvalue weighted by Gasteiger charge is -2.12. The number of rotatable bonds is 10. The van der Waals surface area contributed by atoms with Crippen molar-refractivity contribution < 1.29 is 9.47 Å². The molecule has 5 aromatic rings. The summed E-state index contributed by atoms with van der Waals surface area (Å²) >= 11 is 0. The summed E-state index contributed by atoms with van der Waals surface area (Å²) in [6, 6.07) is 34.6. The van der Waals surface area contributed by atoms with Crippen molar-refractivity contribution in [2.45, 2.75) is 13.0 Å². The second-order valence-electron chi connectivity index (χ2n) is 9.28. The van der Waals surface area contributed by atoms with Gasteiger partial charge in [0.25, 0.3) is 0 Å². The SMILES string of the molecule is CN(C)CCCOc1ccc2cc(-c3nc(OCc4ccccc4)cc(-c4ccccc4)n3)ccc2c1.Cl. The van der Waals surface area contributed by atoms with Crippen molar-refractivity contribution in [2.24, 2.45) is 0 Å². The van der Waals surface area contributed by atoms with E-state index in [-0.39, 0.29) is 12.4 Å². The van der Waals surface area contributed by atoms with Crippen LogP contribution in [0.3, 0.4) is 0 Å². The van der Waals surface area contributed by atoms with Gasteiger partial charge < -0.3 is 14.4 Å². The van der Waals surface area contributed by atoms with Gasteiger partial charge in [-0.05, 0) is 55.1 Å². The molecule has 0 atom stereocenters. The minimum Gasteiger partial charge on any atom is -0.494 e. The van der Waals surface area contributed by atoms with Gasteiger partial charge >= 0.3 is 0 Å². The molecule has 0 saturated carbocycles. The molecule has 0 radical (unpaired) electrons. The molecule has 38 heavy (non-hydrogen) atoms. The van der Waals surface area contributed by atoms with E-state index in [1.165, 1.54) is 0 Å². The zero-order valence-electron chi connectivity index (χ0n) is 21.7. The first-order chi connectivity index (χ1) is 18.1. The maximum absolute atomic E-state index is 6.11. The van der Waals surface area contributed by atoms with E-state index in [2.05, 4.69) is 49.3 Å². The zero-order valence-corrected chi connectivity index (χ0v) is 22.5. The summed E-state index contributed by atoms with van der Waals surface area (Å²) in [6.45, 7) is 2.16. The highest BCUT2D eigenvalue weighted by molar-refractivity contribution is 5.87. The fourth-order valence-electron chi connectivity index (χ4n) is 4.14. The van der Waals surface area contributed by atoms with Crippen LogP contribution in [0.15, 0.2) is 103 Å². The molecule has 0 bridgehead atoms. The van der Waals surface area contributed by atoms with Crippen LogP contribution in [0, 0.1) is 0 Å². The molecule has 0 N–H and O–H groups in total. The second-order valence-corrected chi connectivity index (χ2v) is 9.28. The van der Waals surface area contributed by atoms with E-state index in [1.807, 2.05) is 72.8 Å². The Kier molecular flexibility index (Phi) is 9.30. The van der Waals surface area contributed by atoms with Crippen LogP contribution >= 0.6 is 12.4 Å². The van der Waals surface area contributed by atoms with Gasteiger partial charge in [-0.3, -0.25) is 0 Å². The predicted molar refractivity (Wildman–Crippen MR) is 157 cm³/mol. The highest BCUT2D eigenvalue weighted by atomic mass is 35.5. The highest BCUT2D eigenvalue weighted by Crippen LogP contribution is 2.29. The first-order valence-electron chi connectivity index (χ1n) is 12.6. The molecule has 0 aliphatic heterocycles. The molecule has 0 spiro atoms. The Morgan fingerprint density at radius 2 is 1.39 bits per heavy atom. The number of fused-ring (bicyclic) bond motifs is 1. The number of hydrogen-bond acceptors (Lipinski definition) is 5. The molecule has 1 aromatic heterocycles. The summed E-state index contributed by atoms with van der Waals surface area (Å²) < 4.78 is 12.1. The first-order valence-corrected chi connectivity index (χ1v) is 12.6. The fraction of sp³-hybridized carbons (Fsp3) is 0.188. The molecule has 0 saturated heterocycles. The minimum atomic E-state index is 0. The van der Waals surface area contributed by atoms with Gasteiger partial charge in [-0.15, -0.1) is 12.4 Å². The van der Waals surface area contributed by atoms with Crippen molar-refractivity contribution in [3.05, 3.63) is 109 Å². The van der Waals surface area contributed by atoms with Crippen LogP contribution < -0.4 is 9.47 Å². The van der Waals surface area contributed by atoms with Crippen molar-refractivity contribution in [1.29, 1.82) is 0 Å². The Balaban J connectivity index is 0.00000336. The average molecular weight is 526 g/mol. The van der Waals surface area contributed by atoms with Crippen molar-refractivity contribution in [2.75, 3.05) is 27.2 Å². The van der Waals surface area contributed by atoms with E-state index in [9.17, 15) is 0 Å². The molecular weight excluding hydrogens is 494 g/mol. The van der Waals surface area contributed by atoms with Gasteiger partial charge in [0.1, 0.15) is 12.4 Å². The molecule has 5 rings (SSSR count). The molecule has 0 fully saturated rings. The molecule has 0 aliphatic rings. The van der Waals surface area contributed by atoms with E-state index in [1.54, 1.807) is 0 Å². The van der Waals surface area contributed by atoms with Gasteiger partial charge in [-0.2, -0.15) is 4.98 Å². The topological polar surface area (TPSA) is 47.5 Å². The standard InChI is InChI=1S/C32H31N3O2.ClH/c1-35(2)18-9-19-36-29-17-16-26-20-28(15-14-27(26)21-29)32-33-30(25-12-7-4-8-13-25)22-31(34-32)37-23-24-10-5-3-6-11-24;/h3-8,10-17,20-22H,9,18-19,23H2,1-2H3;1H. The summed E-state index contributed by atoms with van der Waals surface area (Å²) in [5, 5.41) is 2.23. The Bertz CT molecular complexity index is 1460. The lowest BCUT2D eigenvalue weighted by molar-refractivity contribution is 0.282. The summed E-state index contributed by atoms with van der Waals surface area (Å²) in [4.78, 5) is 11.8. The van der Waals surface area contributed by atoms with Gasteiger partial charge in [0.05, 0.1) is 12.3 Å². The second kappa shape index (κ2) is 13.0.